The second-order valence-electron chi connectivity index (χ2n) is 5.72. The number of amides is 1. The van der Waals surface area contributed by atoms with Gasteiger partial charge in [0.25, 0.3) is 0 Å². The molecule has 21 heavy (non-hydrogen) atoms. The van der Waals surface area contributed by atoms with Crippen LogP contribution < -0.4 is 10.1 Å². The third kappa shape index (κ3) is 3.74. The summed E-state index contributed by atoms with van der Waals surface area (Å²) < 4.78 is 10.3. The number of methoxy groups -OCH3 is 1. The standard InChI is InChI=1S/C16H21NO4/c1-16(2)13(10-14(18)21-16)15(19)17-9-8-11-4-6-12(20-3)7-5-11/h4-7,13H,8-10H2,1-3H3,(H,17,19)/t13-/m1/s1. The number of esters is 1. The molecule has 0 aromatic heterocycles. The molecule has 1 N–H and O–H groups in total. The zero-order valence-electron chi connectivity index (χ0n) is 12.6. The summed E-state index contributed by atoms with van der Waals surface area (Å²) in [6.45, 7) is 4.07. The van der Waals surface area contributed by atoms with Crippen molar-refractivity contribution in [1.29, 1.82) is 0 Å². The molecule has 0 bridgehead atoms. The summed E-state index contributed by atoms with van der Waals surface area (Å²) in [4.78, 5) is 23.4. The van der Waals surface area contributed by atoms with Gasteiger partial charge in [-0.15, -0.1) is 0 Å². The highest BCUT2D eigenvalue weighted by Crippen LogP contribution is 2.32. The summed E-state index contributed by atoms with van der Waals surface area (Å²) in [5, 5.41) is 2.88. The summed E-state index contributed by atoms with van der Waals surface area (Å²) in [5.74, 6) is -0.0401. The topological polar surface area (TPSA) is 64.6 Å². The maximum absolute atomic E-state index is 12.1. The van der Waals surface area contributed by atoms with E-state index in [4.69, 9.17) is 9.47 Å². The van der Waals surface area contributed by atoms with E-state index in [9.17, 15) is 9.59 Å². The molecule has 0 radical (unpaired) electrons. The van der Waals surface area contributed by atoms with Gasteiger partial charge in [0.1, 0.15) is 11.4 Å². The fourth-order valence-corrected chi connectivity index (χ4v) is 2.47. The van der Waals surface area contributed by atoms with Crippen LogP contribution in [0.25, 0.3) is 0 Å². The Hall–Kier alpha value is -2.04. The first-order valence-electron chi connectivity index (χ1n) is 7.05. The molecule has 0 aliphatic carbocycles. The van der Waals surface area contributed by atoms with Crippen LogP contribution in [0, 0.1) is 5.92 Å². The Morgan fingerprint density at radius 2 is 2.05 bits per heavy atom. The van der Waals surface area contributed by atoms with E-state index >= 15 is 0 Å². The van der Waals surface area contributed by atoms with Crippen LogP contribution in [0.2, 0.25) is 0 Å². The second-order valence-corrected chi connectivity index (χ2v) is 5.72. The van der Waals surface area contributed by atoms with Gasteiger partial charge in [-0.1, -0.05) is 12.1 Å². The smallest absolute Gasteiger partial charge is 0.307 e. The summed E-state index contributed by atoms with van der Waals surface area (Å²) >= 11 is 0. The molecule has 1 aliphatic heterocycles. The van der Waals surface area contributed by atoms with Gasteiger partial charge in [-0.05, 0) is 38.0 Å². The van der Waals surface area contributed by atoms with Crippen LogP contribution in [0.1, 0.15) is 25.8 Å². The van der Waals surface area contributed by atoms with E-state index in [0.717, 1.165) is 17.7 Å². The van der Waals surface area contributed by atoms with Gasteiger partial charge < -0.3 is 14.8 Å². The molecule has 2 rings (SSSR count). The first-order valence-corrected chi connectivity index (χ1v) is 7.05. The number of nitrogens with one attached hydrogen (secondary N) is 1. The minimum atomic E-state index is -0.721. The highest BCUT2D eigenvalue weighted by Gasteiger charge is 2.45. The lowest BCUT2D eigenvalue weighted by molar-refractivity contribution is -0.147. The normalized spacial score (nSPS) is 20.0. The Bertz CT molecular complexity index is 522. The third-order valence-electron chi connectivity index (χ3n) is 3.78. The summed E-state index contributed by atoms with van der Waals surface area (Å²) in [7, 11) is 1.63. The van der Waals surface area contributed by atoms with E-state index in [2.05, 4.69) is 5.32 Å². The SMILES string of the molecule is COc1ccc(CCNC(=O)[C@H]2CC(=O)OC2(C)C)cc1. The Balaban J connectivity index is 1.82. The highest BCUT2D eigenvalue weighted by atomic mass is 16.6. The molecule has 114 valence electrons. The van der Waals surface area contributed by atoms with Crippen LogP contribution >= 0.6 is 0 Å². The lowest BCUT2D eigenvalue weighted by Crippen LogP contribution is -2.41. The van der Waals surface area contributed by atoms with Crippen LogP contribution in [-0.2, 0) is 20.7 Å². The summed E-state index contributed by atoms with van der Waals surface area (Å²) in [6.07, 6.45) is 0.888. The van der Waals surface area contributed by atoms with Crippen molar-refractivity contribution in [2.45, 2.75) is 32.3 Å². The van der Waals surface area contributed by atoms with Gasteiger partial charge in [-0.3, -0.25) is 9.59 Å². The van der Waals surface area contributed by atoms with E-state index in [1.165, 1.54) is 0 Å². The highest BCUT2D eigenvalue weighted by molar-refractivity contribution is 5.87. The van der Waals surface area contributed by atoms with Gasteiger partial charge in [-0.25, -0.2) is 0 Å². The first-order chi connectivity index (χ1) is 9.92. The quantitative estimate of drug-likeness (QED) is 0.839. The molecule has 1 fully saturated rings. The van der Waals surface area contributed by atoms with Gasteiger partial charge in [0.2, 0.25) is 5.91 Å². The zero-order chi connectivity index (χ0) is 15.5. The fraction of sp³-hybridized carbons (Fsp3) is 0.500. The third-order valence-corrected chi connectivity index (χ3v) is 3.78. The lowest BCUT2D eigenvalue weighted by Gasteiger charge is -2.23. The molecule has 1 aromatic rings. The molecule has 1 atom stereocenters. The van der Waals surface area contributed by atoms with Crippen molar-refractivity contribution in [3.8, 4) is 5.75 Å². The molecule has 0 spiro atoms. The number of carbonyl (C=O) groups is 2. The minimum Gasteiger partial charge on any atom is -0.497 e. The Kier molecular flexibility index (Phi) is 4.50. The van der Waals surface area contributed by atoms with Crippen molar-refractivity contribution < 1.29 is 19.1 Å². The van der Waals surface area contributed by atoms with Crippen LogP contribution in [-0.4, -0.2) is 31.1 Å². The van der Waals surface area contributed by atoms with Crippen LogP contribution in [0.5, 0.6) is 5.75 Å². The number of ether oxygens (including phenoxy) is 2. The number of hydrogen-bond acceptors (Lipinski definition) is 4. The molecule has 5 nitrogen and oxygen atoms in total. The van der Waals surface area contributed by atoms with E-state index in [0.29, 0.717) is 6.54 Å². The molecule has 1 amide bonds. The predicted octanol–water partition coefficient (Wildman–Crippen LogP) is 1.70. The average Bonchev–Trinajstić information content (AvgIpc) is 2.72. The number of cyclic esters (lactones) is 1. The maximum atomic E-state index is 12.1. The predicted molar refractivity (Wildman–Crippen MR) is 78.0 cm³/mol. The number of hydrogen-bond donors (Lipinski definition) is 1. The Labute approximate surface area is 124 Å². The monoisotopic (exact) mass is 291 g/mol. The van der Waals surface area contributed by atoms with Gasteiger partial charge in [0.15, 0.2) is 0 Å². The van der Waals surface area contributed by atoms with E-state index in [1.807, 2.05) is 24.3 Å². The molecule has 1 heterocycles. The average molecular weight is 291 g/mol. The molecule has 1 aromatic carbocycles. The van der Waals surface area contributed by atoms with Gasteiger partial charge in [0.05, 0.1) is 19.4 Å². The minimum absolute atomic E-state index is 0.126. The van der Waals surface area contributed by atoms with Crippen molar-refractivity contribution in [2.75, 3.05) is 13.7 Å². The van der Waals surface area contributed by atoms with Crippen molar-refractivity contribution in [2.24, 2.45) is 5.92 Å². The van der Waals surface area contributed by atoms with Gasteiger partial charge in [-0.2, -0.15) is 0 Å². The molecule has 1 saturated heterocycles. The molecule has 0 saturated carbocycles. The van der Waals surface area contributed by atoms with Crippen molar-refractivity contribution in [3.05, 3.63) is 29.8 Å². The van der Waals surface area contributed by atoms with Crippen molar-refractivity contribution >= 4 is 11.9 Å². The van der Waals surface area contributed by atoms with Crippen LogP contribution in [0.4, 0.5) is 0 Å². The summed E-state index contributed by atoms with van der Waals surface area (Å²) in [5.41, 5.74) is 0.399. The molecule has 0 unspecified atom stereocenters. The fourth-order valence-electron chi connectivity index (χ4n) is 2.47. The van der Waals surface area contributed by atoms with Crippen LogP contribution in [0.3, 0.4) is 0 Å². The second kappa shape index (κ2) is 6.16. The molecular formula is C16H21NO4. The Morgan fingerprint density at radius 1 is 1.38 bits per heavy atom. The first kappa shape index (κ1) is 15.4. The Morgan fingerprint density at radius 3 is 2.57 bits per heavy atom. The van der Waals surface area contributed by atoms with E-state index < -0.39 is 11.5 Å². The van der Waals surface area contributed by atoms with Gasteiger partial charge >= 0.3 is 5.97 Å². The maximum Gasteiger partial charge on any atom is 0.307 e. The molecule has 5 heteroatoms. The number of benzene rings is 1. The van der Waals surface area contributed by atoms with Crippen molar-refractivity contribution in [3.63, 3.8) is 0 Å². The molecule has 1 aliphatic rings. The number of rotatable bonds is 5. The van der Waals surface area contributed by atoms with Gasteiger partial charge in [0, 0.05) is 6.54 Å². The van der Waals surface area contributed by atoms with E-state index in [1.54, 1.807) is 21.0 Å². The molecular weight excluding hydrogens is 270 g/mol. The zero-order valence-corrected chi connectivity index (χ0v) is 12.6. The number of carbonyl (C=O) groups excluding carboxylic acids is 2. The summed E-state index contributed by atoms with van der Waals surface area (Å²) in [6, 6.07) is 7.72. The largest absolute Gasteiger partial charge is 0.497 e. The van der Waals surface area contributed by atoms with Crippen LogP contribution in [0.15, 0.2) is 24.3 Å². The van der Waals surface area contributed by atoms with E-state index in [-0.39, 0.29) is 18.3 Å². The van der Waals surface area contributed by atoms with Crippen molar-refractivity contribution in [1.82, 2.24) is 5.32 Å². The lowest BCUT2D eigenvalue weighted by atomic mass is 9.90.